The number of amides is 3. The van der Waals surface area contributed by atoms with Crippen molar-refractivity contribution in [2.75, 3.05) is 16.8 Å². The Morgan fingerprint density at radius 2 is 1.65 bits per heavy atom. The molecule has 0 aromatic heterocycles. The van der Waals surface area contributed by atoms with Crippen molar-refractivity contribution in [1.82, 2.24) is 0 Å². The van der Waals surface area contributed by atoms with Gasteiger partial charge >= 0.3 is 5.97 Å². The number of halogens is 1. The van der Waals surface area contributed by atoms with Gasteiger partial charge in [-0.3, -0.25) is 19.3 Å². The lowest BCUT2D eigenvalue weighted by Crippen LogP contribution is -2.31. The third-order valence-electron chi connectivity index (χ3n) is 5.31. The smallest absolute Gasteiger partial charge is 0.338 e. The molecule has 2 aromatic carbocycles. The van der Waals surface area contributed by atoms with Crippen molar-refractivity contribution in [1.29, 1.82) is 0 Å². The van der Waals surface area contributed by atoms with Crippen LogP contribution in [0.2, 0.25) is 5.02 Å². The maximum atomic E-state index is 12.7. The molecule has 2 aromatic rings. The summed E-state index contributed by atoms with van der Waals surface area (Å²) in [6, 6.07) is 12.6. The zero-order valence-electron chi connectivity index (χ0n) is 16.4. The first kappa shape index (κ1) is 20.8. The molecule has 158 valence electrons. The molecular formula is C23H19ClN2O5. The lowest BCUT2D eigenvalue weighted by molar-refractivity contribution is -0.122. The Hall–Kier alpha value is -3.45. The molecular weight excluding hydrogens is 420 g/mol. The number of carbonyl (C=O) groups is 4. The van der Waals surface area contributed by atoms with Crippen molar-refractivity contribution in [3.63, 3.8) is 0 Å². The van der Waals surface area contributed by atoms with Gasteiger partial charge in [0.25, 0.3) is 5.91 Å². The zero-order chi connectivity index (χ0) is 22.0. The maximum absolute atomic E-state index is 12.7. The molecule has 0 unspecified atom stereocenters. The van der Waals surface area contributed by atoms with Gasteiger partial charge in [0.15, 0.2) is 6.61 Å². The van der Waals surface area contributed by atoms with E-state index in [4.69, 9.17) is 16.3 Å². The number of benzene rings is 2. The number of allylic oxidation sites excluding steroid dienone is 2. The first-order valence-corrected chi connectivity index (χ1v) is 10.2. The minimum Gasteiger partial charge on any atom is -0.452 e. The fraction of sp³-hybridized carbons (Fsp3) is 0.217. The van der Waals surface area contributed by atoms with Gasteiger partial charge in [-0.05, 0) is 55.3 Å². The first-order chi connectivity index (χ1) is 14.9. The average Bonchev–Trinajstić information content (AvgIpc) is 3.04. The molecule has 1 aliphatic heterocycles. The van der Waals surface area contributed by atoms with Gasteiger partial charge in [0.05, 0.1) is 23.1 Å². The van der Waals surface area contributed by atoms with E-state index in [1.165, 1.54) is 12.1 Å². The summed E-state index contributed by atoms with van der Waals surface area (Å²) >= 11 is 5.80. The van der Waals surface area contributed by atoms with E-state index in [0.29, 0.717) is 29.2 Å². The molecule has 31 heavy (non-hydrogen) atoms. The summed E-state index contributed by atoms with van der Waals surface area (Å²) in [6.45, 7) is -0.483. The van der Waals surface area contributed by atoms with Crippen LogP contribution >= 0.6 is 11.6 Å². The van der Waals surface area contributed by atoms with Gasteiger partial charge in [0, 0.05) is 10.7 Å². The van der Waals surface area contributed by atoms with E-state index in [0.717, 1.165) is 4.90 Å². The summed E-state index contributed by atoms with van der Waals surface area (Å²) in [5.41, 5.74) is 0.990. The number of nitrogens with one attached hydrogen (secondary N) is 1. The number of hydrogen-bond acceptors (Lipinski definition) is 5. The Morgan fingerprint density at radius 3 is 2.29 bits per heavy atom. The van der Waals surface area contributed by atoms with E-state index < -0.39 is 18.5 Å². The molecule has 0 saturated carbocycles. The number of anilines is 2. The molecule has 4 rings (SSSR count). The molecule has 0 bridgehead atoms. The second-order valence-electron chi connectivity index (χ2n) is 7.35. The third kappa shape index (κ3) is 4.36. The van der Waals surface area contributed by atoms with Crippen LogP contribution in [0.1, 0.15) is 23.2 Å². The Bertz CT molecular complexity index is 1050. The average molecular weight is 439 g/mol. The quantitative estimate of drug-likeness (QED) is 0.437. The number of imide groups is 1. The van der Waals surface area contributed by atoms with Crippen LogP contribution in [0.4, 0.5) is 11.4 Å². The van der Waals surface area contributed by atoms with E-state index in [2.05, 4.69) is 5.32 Å². The second-order valence-corrected chi connectivity index (χ2v) is 7.79. The number of ether oxygens (including phenoxy) is 1. The molecule has 7 nitrogen and oxygen atoms in total. The van der Waals surface area contributed by atoms with Crippen molar-refractivity contribution < 1.29 is 23.9 Å². The van der Waals surface area contributed by atoms with Crippen LogP contribution in [-0.2, 0) is 19.1 Å². The molecule has 2 aliphatic rings. The Labute approximate surface area is 183 Å². The van der Waals surface area contributed by atoms with E-state index in [9.17, 15) is 19.2 Å². The van der Waals surface area contributed by atoms with Gasteiger partial charge < -0.3 is 10.1 Å². The van der Waals surface area contributed by atoms with E-state index in [1.54, 1.807) is 36.4 Å². The Morgan fingerprint density at radius 1 is 1.00 bits per heavy atom. The molecule has 0 radical (unpaired) electrons. The highest BCUT2D eigenvalue weighted by atomic mass is 35.5. The maximum Gasteiger partial charge on any atom is 0.338 e. The van der Waals surface area contributed by atoms with Crippen LogP contribution in [0.25, 0.3) is 0 Å². The second kappa shape index (κ2) is 8.73. The fourth-order valence-electron chi connectivity index (χ4n) is 3.77. The van der Waals surface area contributed by atoms with Crippen LogP contribution in [0, 0.1) is 11.8 Å². The van der Waals surface area contributed by atoms with Crippen LogP contribution < -0.4 is 10.2 Å². The van der Waals surface area contributed by atoms with Gasteiger partial charge in [-0.1, -0.05) is 29.8 Å². The summed E-state index contributed by atoms with van der Waals surface area (Å²) in [5.74, 6) is -2.46. The number of rotatable bonds is 5. The van der Waals surface area contributed by atoms with Crippen LogP contribution in [0.15, 0.2) is 60.7 Å². The molecule has 3 amide bonds. The standard InChI is InChI=1S/C23H19ClN2O5/c24-15-8-10-16(11-9-15)25-20(27)13-31-23(30)14-4-3-5-17(12-14)26-21(28)18-6-1-2-7-19(18)22(26)29/h1-5,8-12,18-19H,6-7,13H2,(H,25,27)/t18-,19+. The predicted molar refractivity (Wildman–Crippen MR) is 115 cm³/mol. The Balaban J connectivity index is 1.40. The van der Waals surface area contributed by atoms with Gasteiger partial charge in [-0.25, -0.2) is 4.79 Å². The molecule has 1 heterocycles. The Kier molecular flexibility index (Phi) is 5.86. The highest BCUT2D eigenvalue weighted by Crippen LogP contribution is 2.37. The molecule has 8 heteroatoms. The number of hydrogen-bond donors (Lipinski definition) is 1. The summed E-state index contributed by atoms with van der Waals surface area (Å²) in [4.78, 5) is 51.0. The van der Waals surface area contributed by atoms with Crippen molar-refractivity contribution in [3.8, 4) is 0 Å². The minimum atomic E-state index is -0.730. The lowest BCUT2D eigenvalue weighted by Gasteiger charge is -2.15. The van der Waals surface area contributed by atoms with Crippen molar-refractivity contribution in [2.24, 2.45) is 11.8 Å². The molecule has 1 N–H and O–H groups in total. The van der Waals surface area contributed by atoms with Crippen LogP contribution in [0.3, 0.4) is 0 Å². The number of fused-ring (bicyclic) bond motifs is 1. The predicted octanol–water partition coefficient (Wildman–Crippen LogP) is 3.59. The van der Waals surface area contributed by atoms with E-state index in [1.807, 2.05) is 12.2 Å². The van der Waals surface area contributed by atoms with E-state index >= 15 is 0 Å². The van der Waals surface area contributed by atoms with Crippen LogP contribution in [0.5, 0.6) is 0 Å². The van der Waals surface area contributed by atoms with Gasteiger partial charge in [0.2, 0.25) is 11.8 Å². The summed E-state index contributed by atoms with van der Waals surface area (Å²) < 4.78 is 5.08. The number of nitrogens with zero attached hydrogens (tertiary/aromatic N) is 1. The molecule has 1 saturated heterocycles. The van der Waals surface area contributed by atoms with Crippen molar-refractivity contribution in [3.05, 3.63) is 71.3 Å². The van der Waals surface area contributed by atoms with Gasteiger partial charge in [-0.15, -0.1) is 0 Å². The van der Waals surface area contributed by atoms with Crippen molar-refractivity contribution in [2.45, 2.75) is 12.8 Å². The topological polar surface area (TPSA) is 92.8 Å². The number of esters is 1. The van der Waals surface area contributed by atoms with Crippen molar-refractivity contribution >= 4 is 46.7 Å². The molecule has 1 aliphatic carbocycles. The molecule has 0 spiro atoms. The first-order valence-electron chi connectivity index (χ1n) is 9.79. The normalized spacial score (nSPS) is 19.8. The third-order valence-corrected chi connectivity index (χ3v) is 5.56. The molecule has 2 atom stereocenters. The van der Waals surface area contributed by atoms with Gasteiger partial charge in [0.1, 0.15) is 0 Å². The fourth-order valence-corrected chi connectivity index (χ4v) is 3.90. The van der Waals surface area contributed by atoms with Gasteiger partial charge in [-0.2, -0.15) is 0 Å². The molecule has 1 fully saturated rings. The highest BCUT2D eigenvalue weighted by molar-refractivity contribution is 6.30. The number of carbonyl (C=O) groups excluding carboxylic acids is 4. The lowest BCUT2D eigenvalue weighted by atomic mass is 9.85. The summed E-state index contributed by atoms with van der Waals surface area (Å²) in [7, 11) is 0. The summed E-state index contributed by atoms with van der Waals surface area (Å²) in [5, 5.41) is 3.13. The summed E-state index contributed by atoms with van der Waals surface area (Å²) in [6.07, 6.45) is 4.91. The monoisotopic (exact) mass is 438 g/mol. The highest BCUT2D eigenvalue weighted by Gasteiger charge is 2.47. The SMILES string of the molecule is O=C(COC(=O)c1cccc(N2C(=O)[C@H]3CC=CC[C@H]3C2=O)c1)Nc1ccc(Cl)cc1. The van der Waals surface area contributed by atoms with Crippen LogP contribution in [-0.4, -0.2) is 30.3 Å². The van der Waals surface area contributed by atoms with E-state index in [-0.39, 0.29) is 29.2 Å². The largest absolute Gasteiger partial charge is 0.452 e. The minimum absolute atomic E-state index is 0.144. The zero-order valence-corrected chi connectivity index (χ0v) is 17.2.